The largest absolute Gasteiger partial charge is 0.315 e. The Morgan fingerprint density at radius 1 is 1.41 bits per heavy atom. The van der Waals surface area contributed by atoms with Crippen molar-refractivity contribution < 1.29 is 0 Å². The lowest BCUT2D eigenvalue weighted by molar-refractivity contribution is 0.322. The van der Waals surface area contributed by atoms with Crippen molar-refractivity contribution >= 4 is 34.5 Å². The first-order valence-electron chi connectivity index (χ1n) is 5.82. The van der Waals surface area contributed by atoms with Gasteiger partial charge in [-0.25, -0.2) is 0 Å². The number of thiophene rings is 1. The highest BCUT2D eigenvalue weighted by Crippen LogP contribution is 2.31. The molecular weight excluding hydrogens is 275 g/mol. The van der Waals surface area contributed by atoms with Crippen LogP contribution in [0.15, 0.2) is 6.07 Å². The summed E-state index contributed by atoms with van der Waals surface area (Å²) in [5.41, 5.74) is 1.12. The van der Waals surface area contributed by atoms with Gasteiger partial charge < -0.3 is 10.2 Å². The van der Waals surface area contributed by atoms with Crippen LogP contribution in [0.25, 0.3) is 0 Å². The third-order valence-corrected chi connectivity index (χ3v) is 3.96. The molecule has 0 bridgehead atoms. The van der Waals surface area contributed by atoms with E-state index in [4.69, 9.17) is 23.2 Å². The van der Waals surface area contributed by atoms with Crippen LogP contribution in [0.4, 0.5) is 0 Å². The summed E-state index contributed by atoms with van der Waals surface area (Å²) >= 11 is 13.4. The van der Waals surface area contributed by atoms with Crippen LogP contribution in [0.2, 0.25) is 8.67 Å². The molecule has 0 radical (unpaired) electrons. The smallest absolute Gasteiger partial charge is 0.0989 e. The second-order valence-electron chi connectivity index (χ2n) is 4.69. The molecule has 17 heavy (non-hydrogen) atoms. The first-order valence-corrected chi connectivity index (χ1v) is 7.39. The number of rotatable bonds is 7. The molecular formula is C12H20Cl2N2S. The SMILES string of the molecule is CC(C)CNCCN(C)Cc1cc(Cl)sc1Cl. The summed E-state index contributed by atoms with van der Waals surface area (Å²) in [5, 5.41) is 3.42. The summed E-state index contributed by atoms with van der Waals surface area (Å²) < 4.78 is 1.56. The number of nitrogens with zero attached hydrogens (tertiary/aromatic N) is 1. The van der Waals surface area contributed by atoms with Crippen LogP contribution in [-0.4, -0.2) is 31.6 Å². The highest BCUT2D eigenvalue weighted by Gasteiger charge is 2.08. The highest BCUT2D eigenvalue weighted by atomic mass is 35.5. The van der Waals surface area contributed by atoms with E-state index in [1.807, 2.05) is 6.07 Å². The topological polar surface area (TPSA) is 15.3 Å². The van der Waals surface area contributed by atoms with E-state index in [9.17, 15) is 0 Å². The molecule has 0 saturated heterocycles. The normalized spacial score (nSPS) is 11.7. The van der Waals surface area contributed by atoms with E-state index >= 15 is 0 Å². The number of nitrogens with one attached hydrogen (secondary N) is 1. The number of hydrogen-bond acceptors (Lipinski definition) is 3. The third-order valence-electron chi connectivity index (χ3n) is 2.39. The molecule has 0 unspecified atom stereocenters. The maximum Gasteiger partial charge on any atom is 0.0989 e. The van der Waals surface area contributed by atoms with Gasteiger partial charge in [0.15, 0.2) is 0 Å². The van der Waals surface area contributed by atoms with Crippen LogP contribution in [0.3, 0.4) is 0 Å². The molecule has 1 aromatic rings. The lowest BCUT2D eigenvalue weighted by atomic mass is 10.2. The van der Waals surface area contributed by atoms with Gasteiger partial charge in [0.25, 0.3) is 0 Å². The third kappa shape index (κ3) is 6.07. The predicted molar refractivity (Wildman–Crippen MR) is 78.4 cm³/mol. The highest BCUT2D eigenvalue weighted by molar-refractivity contribution is 7.20. The van der Waals surface area contributed by atoms with E-state index in [0.29, 0.717) is 5.92 Å². The van der Waals surface area contributed by atoms with Crippen LogP contribution in [-0.2, 0) is 6.54 Å². The van der Waals surface area contributed by atoms with Crippen LogP contribution >= 0.6 is 34.5 Å². The Balaban J connectivity index is 2.25. The monoisotopic (exact) mass is 294 g/mol. The summed E-state index contributed by atoms with van der Waals surface area (Å²) in [7, 11) is 2.10. The Bertz CT molecular complexity index is 339. The van der Waals surface area contributed by atoms with Crippen LogP contribution in [0, 0.1) is 5.92 Å². The van der Waals surface area contributed by atoms with Gasteiger partial charge in [0.2, 0.25) is 0 Å². The fourth-order valence-electron chi connectivity index (χ4n) is 1.51. The molecule has 1 rings (SSSR count). The molecule has 0 saturated carbocycles. The minimum Gasteiger partial charge on any atom is -0.315 e. The zero-order valence-electron chi connectivity index (χ0n) is 10.6. The number of halogens is 2. The Labute approximate surface area is 118 Å². The zero-order valence-corrected chi connectivity index (χ0v) is 12.9. The van der Waals surface area contributed by atoms with Crippen molar-refractivity contribution in [3.05, 3.63) is 20.3 Å². The average Bonchev–Trinajstić information content (AvgIpc) is 2.52. The summed E-state index contributed by atoms with van der Waals surface area (Å²) in [4.78, 5) is 2.25. The minimum atomic E-state index is 0.699. The lowest BCUT2D eigenvalue weighted by Crippen LogP contribution is -2.30. The van der Waals surface area contributed by atoms with E-state index in [-0.39, 0.29) is 0 Å². The van der Waals surface area contributed by atoms with Crippen molar-refractivity contribution in [1.82, 2.24) is 10.2 Å². The molecule has 0 aliphatic carbocycles. The van der Waals surface area contributed by atoms with Crippen molar-refractivity contribution in [2.45, 2.75) is 20.4 Å². The van der Waals surface area contributed by atoms with Gasteiger partial charge in [-0.15, -0.1) is 11.3 Å². The van der Waals surface area contributed by atoms with E-state index < -0.39 is 0 Å². The van der Waals surface area contributed by atoms with Gasteiger partial charge in [-0.05, 0) is 31.1 Å². The molecule has 5 heteroatoms. The van der Waals surface area contributed by atoms with E-state index in [2.05, 4.69) is 31.1 Å². The maximum absolute atomic E-state index is 6.08. The Kier molecular flexibility index (Phi) is 6.82. The van der Waals surface area contributed by atoms with Gasteiger partial charge in [-0.1, -0.05) is 37.0 Å². The van der Waals surface area contributed by atoms with Crippen molar-refractivity contribution in [2.24, 2.45) is 5.92 Å². The van der Waals surface area contributed by atoms with E-state index in [1.54, 1.807) is 0 Å². The Morgan fingerprint density at radius 3 is 2.65 bits per heavy atom. The summed E-state index contributed by atoms with van der Waals surface area (Å²) in [6.45, 7) is 8.36. The van der Waals surface area contributed by atoms with Crippen molar-refractivity contribution in [3.63, 3.8) is 0 Å². The Hall–Kier alpha value is 0.200. The lowest BCUT2D eigenvalue weighted by Gasteiger charge is -2.17. The molecule has 0 fully saturated rings. The van der Waals surface area contributed by atoms with Crippen LogP contribution in [0.1, 0.15) is 19.4 Å². The van der Waals surface area contributed by atoms with Gasteiger partial charge in [0.05, 0.1) is 8.67 Å². The molecule has 0 aliphatic heterocycles. The van der Waals surface area contributed by atoms with E-state index in [0.717, 1.165) is 40.4 Å². The molecule has 0 atom stereocenters. The molecule has 0 amide bonds. The van der Waals surface area contributed by atoms with Crippen LogP contribution < -0.4 is 5.32 Å². The Morgan fingerprint density at radius 2 is 2.12 bits per heavy atom. The summed E-state index contributed by atoms with van der Waals surface area (Å²) in [5.74, 6) is 0.699. The summed E-state index contributed by atoms with van der Waals surface area (Å²) in [6.07, 6.45) is 0. The molecule has 2 nitrogen and oxygen atoms in total. The van der Waals surface area contributed by atoms with Crippen molar-refractivity contribution in [3.8, 4) is 0 Å². The number of hydrogen-bond donors (Lipinski definition) is 1. The molecule has 0 spiro atoms. The molecule has 1 N–H and O–H groups in total. The van der Waals surface area contributed by atoms with Gasteiger partial charge in [-0.2, -0.15) is 0 Å². The second kappa shape index (κ2) is 7.59. The predicted octanol–water partition coefficient (Wildman–Crippen LogP) is 3.73. The van der Waals surface area contributed by atoms with Gasteiger partial charge in [-0.3, -0.25) is 0 Å². The zero-order chi connectivity index (χ0) is 12.8. The fraction of sp³-hybridized carbons (Fsp3) is 0.667. The molecule has 1 aromatic heterocycles. The van der Waals surface area contributed by atoms with Gasteiger partial charge >= 0.3 is 0 Å². The quantitative estimate of drug-likeness (QED) is 0.771. The maximum atomic E-state index is 6.08. The van der Waals surface area contributed by atoms with Crippen molar-refractivity contribution in [2.75, 3.05) is 26.7 Å². The van der Waals surface area contributed by atoms with Gasteiger partial charge in [0.1, 0.15) is 0 Å². The van der Waals surface area contributed by atoms with E-state index in [1.165, 1.54) is 11.3 Å². The first kappa shape index (κ1) is 15.3. The molecule has 1 heterocycles. The fourth-order valence-corrected chi connectivity index (χ4v) is 2.98. The molecule has 0 aromatic carbocycles. The van der Waals surface area contributed by atoms with Gasteiger partial charge in [0, 0.05) is 19.6 Å². The van der Waals surface area contributed by atoms with Crippen LogP contribution in [0.5, 0.6) is 0 Å². The first-order chi connectivity index (χ1) is 7.99. The second-order valence-corrected chi connectivity index (χ2v) is 6.97. The molecule has 98 valence electrons. The summed E-state index contributed by atoms with van der Waals surface area (Å²) in [6, 6.07) is 1.95. The molecule has 0 aliphatic rings. The average molecular weight is 295 g/mol. The van der Waals surface area contributed by atoms with Crippen molar-refractivity contribution in [1.29, 1.82) is 0 Å². The minimum absolute atomic E-state index is 0.699. The number of likely N-dealkylation sites (N-methyl/N-ethyl adjacent to an activating group) is 1. The standard InChI is InChI=1S/C12H20Cl2N2S/c1-9(2)7-15-4-5-16(3)8-10-6-11(13)17-12(10)14/h6,9,15H,4-5,7-8H2,1-3H3.